The number of rotatable bonds is 8. The minimum absolute atomic E-state index is 0.230. The van der Waals surface area contributed by atoms with E-state index in [1.165, 1.54) is 0 Å². The van der Waals surface area contributed by atoms with Crippen LogP contribution in [0.15, 0.2) is 48.7 Å². The molecule has 0 atom stereocenters. The molecule has 0 bridgehead atoms. The van der Waals surface area contributed by atoms with Crippen LogP contribution in [0.3, 0.4) is 0 Å². The SMILES string of the molecule is CCCCCNC(=O)c1nc(C(=O)NCc2ccccc2C)c2ccccn12. The Morgan fingerprint density at radius 3 is 2.57 bits per heavy atom. The van der Waals surface area contributed by atoms with Crippen LogP contribution >= 0.6 is 0 Å². The largest absolute Gasteiger partial charge is 0.349 e. The van der Waals surface area contributed by atoms with E-state index in [2.05, 4.69) is 22.5 Å². The summed E-state index contributed by atoms with van der Waals surface area (Å²) < 4.78 is 1.66. The van der Waals surface area contributed by atoms with Crippen molar-refractivity contribution in [2.24, 2.45) is 0 Å². The van der Waals surface area contributed by atoms with Crippen molar-refractivity contribution < 1.29 is 9.59 Å². The lowest BCUT2D eigenvalue weighted by Gasteiger charge is -2.06. The first kappa shape index (κ1) is 19.6. The molecule has 0 aliphatic rings. The molecule has 0 radical (unpaired) electrons. The summed E-state index contributed by atoms with van der Waals surface area (Å²) >= 11 is 0. The van der Waals surface area contributed by atoms with Gasteiger partial charge >= 0.3 is 0 Å². The molecule has 0 saturated carbocycles. The highest BCUT2D eigenvalue weighted by molar-refractivity contribution is 6.02. The highest BCUT2D eigenvalue weighted by Crippen LogP contribution is 2.14. The summed E-state index contributed by atoms with van der Waals surface area (Å²) in [5.74, 6) is -0.333. The van der Waals surface area contributed by atoms with Crippen molar-refractivity contribution in [2.75, 3.05) is 6.54 Å². The number of benzene rings is 1. The Morgan fingerprint density at radius 2 is 1.79 bits per heavy atom. The van der Waals surface area contributed by atoms with E-state index in [0.29, 0.717) is 18.6 Å². The zero-order valence-electron chi connectivity index (χ0n) is 16.4. The number of amides is 2. The van der Waals surface area contributed by atoms with E-state index >= 15 is 0 Å². The number of carbonyl (C=O) groups is 2. The molecule has 6 nitrogen and oxygen atoms in total. The van der Waals surface area contributed by atoms with E-state index in [-0.39, 0.29) is 23.3 Å². The van der Waals surface area contributed by atoms with Gasteiger partial charge in [0.05, 0.1) is 5.52 Å². The lowest BCUT2D eigenvalue weighted by atomic mass is 10.1. The molecule has 0 fully saturated rings. The Balaban J connectivity index is 1.78. The van der Waals surface area contributed by atoms with Crippen LogP contribution in [0.1, 0.15) is 58.4 Å². The Hall–Kier alpha value is -3.15. The fourth-order valence-corrected chi connectivity index (χ4v) is 3.09. The van der Waals surface area contributed by atoms with Crippen LogP contribution in [0.4, 0.5) is 0 Å². The lowest BCUT2D eigenvalue weighted by Crippen LogP contribution is -2.27. The number of hydrogen-bond acceptors (Lipinski definition) is 3. The summed E-state index contributed by atoms with van der Waals surface area (Å²) in [6, 6.07) is 13.3. The number of aryl methyl sites for hydroxylation is 1. The second-order valence-corrected chi connectivity index (χ2v) is 6.81. The second kappa shape index (κ2) is 9.17. The Kier molecular flexibility index (Phi) is 6.42. The van der Waals surface area contributed by atoms with Crippen LogP contribution in [0, 0.1) is 6.92 Å². The number of nitrogens with one attached hydrogen (secondary N) is 2. The number of nitrogens with zero attached hydrogens (tertiary/aromatic N) is 2. The van der Waals surface area contributed by atoms with Gasteiger partial charge in [-0.15, -0.1) is 0 Å². The van der Waals surface area contributed by atoms with Crippen LogP contribution in [0.5, 0.6) is 0 Å². The predicted octanol–water partition coefficient (Wildman–Crippen LogP) is 3.49. The lowest BCUT2D eigenvalue weighted by molar-refractivity contribution is 0.0941. The van der Waals surface area contributed by atoms with Gasteiger partial charge in [-0.25, -0.2) is 4.98 Å². The third-order valence-electron chi connectivity index (χ3n) is 4.73. The molecule has 2 heterocycles. The van der Waals surface area contributed by atoms with Crippen LogP contribution in [-0.4, -0.2) is 27.7 Å². The van der Waals surface area contributed by atoms with Crippen molar-refractivity contribution >= 4 is 17.3 Å². The number of aromatic nitrogens is 2. The molecule has 28 heavy (non-hydrogen) atoms. The average Bonchev–Trinajstić information content (AvgIpc) is 3.10. The van der Waals surface area contributed by atoms with Gasteiger partial charge in [0.25, 0.3) is 11.8 Å². The van der Waals surface area contributed by atoms with Gasteiger partial charge in [-0.05, 0) is 36.6 Å². The van der Waals surface area contributed by atoms with Gasteiger partial charge in [-0.2, -0.15) is 0 Å². The van der Waals surface area contributed by atoms with E-state index in [9.17, 15) is 9.59 Å². The van der Waals surface area contributed by atoms with E-state index in [1.807, 2.05) is 43.3 Å². The Morgan fingerprint density at radius 1 is 1.00 bits per heavy atom. The van der Waals surface area contributed by atoms with Crippen LogP contribution in [-0.2, 0) is 6.54 Å². The minimum Gasteiger partial charge on any atom is -0.349 e. The predicted molar refractivity (Wildman–Crippen MR) is 109 cm³/mol. The Labute approximate surface area is 165 Å². The highest BCUT2D eigenvalue weighted by atomic mass is 16.2. The molecule has 3 aromatic rings. The molecule has 0 unspecified atom stereocenters. The third-order valence-corrected chi connectivity index (χ3v) is 4.73. The Bertz CT molecular complexity index is 978. The molecular formula is C22H26N4O2. The molecule has 0 aliphatic heterocycles. The highest BCUT2D eigenvalue weighted by Gasteiger charge is 2.21. The van der Waals surface area contributed by atoms with Crippen molar-refractivity contribution in [3.8, 4) is 0 Å². The van der Waals surface area contributed by atoms with Gasteiger partial charge in [-0.3, -0.25) is 14.0 Å². The number of hydrogen-bond donors (Lipinski definition) is 2. The molecule has 0 aliphatic carbocycles. The van der Waals surface area contributed by atoms with E-state index in [4.69, 9.17) is 0 Å². The van der Waals surface area contributed by atoms with Crippen molar-refractivity contribution in [1.82, 2.24) is 20.0 Å². The molecule has 0 saturated heterocycles. The summed E-state index contributed by atoms with van der Waals surface area (Å²) in [6.45, 7) is 5.14. The van der Waals surface area contributed by atoms with Crippen molar-refractivity contribution in [3.63, 3.8) is 0 Å². The van der Waals surface area contributed by atoms with Crippen molar-refractivity contribution in [2.45, 2.75) is 39.7 Å². The molecular weight excluding hydrogens is 352 g/mol. The summed E-state index contributed by atoms with van der Waals surface area (Å²) in [5, 5.41) is 5.80. The standard InChI is InChI=1S/C22H26N4O2/c1-3-4-8-13-23-22(28)20-25-19(18-12-7-9-14-26(18)20)21(27)24-15-17-11-6-5-10-16(17)2/h5-7,9-12,14H,3-4,8,13,15H2,1-2H3,(H,23,28)(H,24,27). The van der Waals surface area contributed by atoms with Gasteiger partial charge in [0.2, 0.25) is 5.82 Å². The molecule has 3 rings (SSSR count). The van der Waals surface area contributed by atoms with Gasteiger partial charge in [0.15, 0.2) is 5.69 Å². The number of fused-ring (bicyclic) bond motifs is 1. The van der Waals surface area contributed by atoms with Gasteiger partial charge in [0, 0.05) is 19.3 Å². The number of imidazole rings is 1. The maximum Gasteiger partial charge on any atom is 0.287 e. The molecule has 1 aromatic carbocycles. The number of unbranched alkanes of at least 4 members (excludes halogenated alkanes) is 2. The fourth-order valence-electron chi connectivity index (χ4n) is 3.09. The first-order chi connectivity index (χ1) is 13.6. The van der Waals surface area contributed by atoms with Crippen LogP contribution in [0.25, 0.3) is 5.52 Å². The van der Waals surface area contributed by atoms with Crippen molar-refractivity contribution in [1.29, 1.82) is 0 Å². The minimum atomic E-state index is -0.294. The topological polar surface area (TPSA) is 75.5 Å². The van der Waals surface area contributed by atoms with E-state index < -0.39 is 0 Å². The van der Waals surface area contributed by atoms with E-state index in [1.54, 1.807) is 16.7 Å². The quantitative estimate of drug-likeness (QED) is 0.589. The zero-order chi connectivity index (χ0) is 19.9. The van der Waals surface area contributed by atoms with Crippen LogP contribution < -0.4 is 10.6 Å². The molecule has 2 aromatic heterocycles. The first-order valence-electron chi connectivity index (χ1n) is 9.69. The maximum absolute atomic E-state index is 12.8. The molecule has 2 N–H and O–H groups in total. The molecule has 6 heteroatoms. The van der Waals surface area contributed by atoms with Crippen LogP contribution in [0.2, 0.25) is 0 Å². The van der Waals surface area contributed by atoms with Gasteiger partial charge in [0.1, 0.15) is 0 Å². The zero-order valence-corrected chi connectivity index (χ0v) is 16.4. The normalized spacial score (nSPS) is 10.8. The number of pyridine rings is 1. The van der Waals surface area contributed by atoms with E-state index in [0.717, 1.165) is 30.4 Å². The number of carbonyl (C=O) groups excluding carboxylic acids is 2. The van der Waals surface area contributed by atoms with Gasteiger partial charge < -0.3 is 10.6 Å². The molecule has 146 valence electrons. The molecule has 0 spiro atoms. The van der Waals surface area contributed by atoms with Gasteiger partial charge in [-0.1, -0.05) is 50.1 Å². The second-order valence-electron chi connectivity index (χ2n) is 6.81. The molecule has 2 amide bonds. The monoisotopic (exact) mass is 378 g/mol. The smallest absolute Gasteiger partial charge is 0.287 e. The third kappa shape index (κ3) is 4.39. The van der Waals surface area contributed by atoms with Crippen molar-refractivity contribution in [3.05, 3.63) is 71.3 Å². The first-order valence-corrected chi connectivity index (χ1v) is 9.69. The summed E-state index contributed by atoms with van der Waals surface area (Å²) in [5.41, 5.74) is 3.04. The summed E-state index contributed by atoms with van der Waals surface area (Å²) in [7, 11) is 0. The average molecular weight is 378 g/mol. The fraction of sp³-hybridized carbons (Fsp3) is 0.318. The summed E-state index contributed by atoms with van der Waals surface area (Å²) in [6.07, 6.45) is 4.83. The maximum atomic E-state index is 12.8. The summed E-state index contributed by atoms with van der Waals surface area (Å²) in [4.78, 5) is 29.7.